The van der Waals surface area contributed by atoms with Crippen LogP contribution in [0.3, 0.4) is 0 Å². The number of aromatic nitrogens is 4. The highest BCUT2D eigenvalue weighted by Gasteiger charge is 2.29. The van der Waals surface area contributed by atoms with Gasteiger partial charge in [0.15, 0.2) is 0 Å². The van der Waals surface area contributed by atoms with E-state index in [0.29, 0.717) is 30.6 Å². The van der Waals surface area contributed by atoms with E-state index in [1.165, 1.54) is 12.8 Å². The maximum absolute atomic E-state index is 10.2. The monoisotopic (exact) mass is 479 g/mol. The molecule has 5 rings (SSSR count). The van der Waals surface area contributed by atoms with Gasteiger partial charge in [-0.15, -0.1) is 10.8 Å². The Morgan fingerprint density at radius 2 is 1.94 bits per heavy atom. The molecule has 0 spiro atoms. The fourth-order valence-electron chi connectivity index (χ4n) is 4.94. The van der Waals surface area contributed by atoms with Crippen LogP contribution in [0, 0.1) is 17.2 Å². The first kappa shape index (κ1) is 22.7. The van der Waals surface area contributed by atoms with Crippen LogP contribution in [0.4, 0.5) is 17.3 Å². The van der Waals surface area contributed by atoms with Crippen LogP contribution in [-0.4, -0.2) is 41.2 Å². The Bertz CT molecular complexity index is 1170. The molecule has 0 bridgehead atoms. The van der Waals surface area contributed by atoms with E-state index in [-0.39, 0.29) is 6.04 Å². The van der Waals surface area contributed by atoms with E-state index in [0.717, 1.165) is 41.9 Å². The van der Waals surface area contributed by atoms with Crippen molar-refractivity contribution >= 4 is 28.1 Å². The third-order valence-corrected chi connectivity index (χ3v) is 8.62. The first-order valence-electron chi connectivity index (χ1n) is 11.7. The molecule has 1 unspecified atom stereocenters. The molecule has 10 heteroatoms. The third-order valence-electron chi connectivity index (χ3n) is 6.68. The smallest absolute Gasteiger partial charge is 0.227 e. The summed E-state index contributed by atoms with van der Waals surface area (Å²) in [6.45, 7) is 0.643. The maximum Gasteiger partial charge on any atom is 0.227 e. The summed E-state index contributed by atoms with van der Waals surface area (Å²) in [6, 6.07) is 11.8. The molecule has 9 nitrogen and oxygen atoms in total. The van der Waals surface area contributed by atoms with Crippen LogP contribution in [0.15, 0.2) is 48.9 Å². The van der Waals surface area contributed by atoms with Crippen molar-refractivity contribution in [3.05, 3.63) is 48.9 Å². The molecule has 2 aromatic heterocycles. The van der Waals surface area contributed by atoms with Crippen molar-refractivity contribution in [1.82, 2.24) is 19.7 Å². The molecule has 178 valence electrons. The second-order valence-electron chi connectivity index (χ2n) is 8.91. The number of anilines is 3. The minimum Gasteiger partial charge on any atom is -0.324 e. The first-order chi connectivity index (χ1) is 16.5. The summed E-state index contributed by atoms with van der Waals surface area (Å²) in [7, 11) is -2.70. The molecule has 1 aromatic carbocycles. The molecular formula is C24H29N7O2S. The molecule has 2 fully saturated rings. The summed E-state index contributed by atoms with van der Waals surface area (Å²) in [5.74, 6) is 1.39. The largest absolute Gasteiger partial charge is 0.324 e. The van der Waals surface area contributed by atoms with E-state index in [2.05, 4.69) is 26.5 Å². The lowest BCUT2D eigenvalue weighted by molar-refractivity contribution is 0.315. The predicted octanol–water partition coefficient (Wildman–Crippen LogP) is 5.60. The number of rotatable bonds is 7. The van der Waals surface area contributed by atoms with Crippen LogP contribution in [0.2, 0.25) is 0 Å². The van der Waals surface area contributed by atoms with Crippen molar-refractivity contribution in [2.75, 3.05) is 21.9 Å². The van der Waals surface area contributed by atoms with Gasteiger partial charge in [0, 0.05) is 30.2 Å². The normalized spacial score (nSPS) is 19.6. The van der Waals surface area contributed by atoms with Gasteiger partial charge >= 0.3 is 0 Å². The standard InChI is InChI=1S/C24H29N7O2S/c25-12-10-23(18-4-1-2-5-18)30-17-19(16-27-30)22-11-13-26-24(29-22)28-20-6-8-21(9-7-20)31-14-3-15-34(31,32)33/h6-9,11,13,16-18,23,32-33H,1-5,10,14-15H2,(H,26,28,29). The number of nitrogens with one attached hydrogen (secondary N) is 1. The van der Waals surface area contributed by atoms with Gasteiger partial charge in [0.05, 0.1) is 41.9 Å². The molecule has 0 radical (unpaired) electrons. The Labute approximate surface area is 200 Å². The van der Waals surface area contributed by atoms with Gasteiger partial charge in [-0.1, -0.05) is 12.8 Å². The van der Waals surface area contributed by atoms with Crippen LogP contribution in [0.25, 0.3) is 11.3 Å². The fraction of sp³-hybridized carbons (Fsp3) is 0.417. The highest BCUT2D eigenvalue weighted by molar-refractivity contribution is 8.25. The van der Waals surface area contributed by atoms with Crippen molar-refractivity contribution in [3.63, 3.8) is 0 Å². The van der Waals surface area contributed by atoms with Crippen LogP contribution >= 0.6 is 10.8 Å². The molecule has 0 amide bonds. The Kier molecular flexibility index (Phi) is 6.41. The van der Waals surface area contributed by atoms with Gasteiger partial charge < -0.3 is 5.32 Å². The van der Waals surface area contributed by atoms with Crippen molar-refractivity contribution in [1.29, 1.82) is 5.26 Å². The molecule has 2 aliphatic rings. The molecule has 1 atom stereocenters. The molecule has 1 aliphatic carbocycles. The lowest BCUT2D eigenvalue weighted by Crippen LogP contribution is -2.21. The molecule has 3 heterocycles. The third kappa shape index (κ3) is 4.73. The SMILES string of the molecule is N#CCC(C1CCCC1)n1cc(-c2ccnc(Nc3ccc(N4CCCS4(O)O)cc3)n2)cn1. The van der Waals surface area contributed by atoms with Gasteiger partial charge in [0.25, 0.3) is 0 Å². The number of nitriles is 1. The van der Waals surface area contributed by atoms with Crippen LogP contribution in [0.5, 0.6) is 0 Å². The van der Waals surface area contributed by atoms with Crippen LogP contribution < -0.4 is 9.62 Å². The number of nitrogens with zero attached hydrogens (tertiary/aromatic N) is 6. The average molecular weight is 480 g/mol. The lowest BCUT2D eigenvalue weighted by atomic mass is 9.96. The van der Waals surface area contributed by atoms with E-state index < -0.39 is 10.8 Å². The van der Waals surface area contributed by atoms with Gasteiger partial charge in [-0.05, 0) is 55.5 Å². The predicted molar refractivity (Wildman–Crippen MR) is 134 cm³/mol. The summed E-state index contributed by atoms with van der Waals surface area (Å²) in [6.07, 6.45) is 11.5. The quantitative estimate of drug-likeness (QED) is 0.400. The van der Waals surface area contributed by atoms with E-state index in [1.54, 1.807) is 16.7 Å². The van der Waals surface area contributed by atoms with Crippen molar-refractivity contribution in [3.8, 4) is 17.3 Å². The molecule has 1 saturated heterocycles. The zero-order chi connectivity index (χ0) is 23.5. The molecule has 3 N–H and O–H groups in total. The fourth-order valence-corrected chi connectivity index (χ4v) is 6.56. The Morgan fingerprint density at radius 1 is 1.15 bits per heavy atom. The average Bonchev–Trinajstić information content (AvgIpc) is 3.60. The summed E-state index contributed by atoms with van der Waals surface area (Å²) >= 11 is 0. The van der Waals surface area contributed by atoms with Gasteiger partial charge in [0.2, 0.25) is 5.95 Å². The zero-order valence-corrected chi connectivity index (χ0v) is 19.7. The first-order valence-corrected chi connectivity index (χ1v) is 13.4. The minimum absolute atomic E-state index is 0.105. The summed E-state index contributed by atoms with van der Waals surface area (Å²) in [4.78, 5) is 8.99. The summed E-state index contributed by atoms with van der Waals surface area (Å²) in [5, 5.41) is 17.1. The molecule has 1 saturated carbocycles. The van der Waals surface area contributed by atoms with Gasteiger partial charge in [0.1, 0.15) is 0 Å². The number of benzene rings is 1. The van der Waals surface area contributed by atoms with Crippen molar-refractivity contribution < 1.29 is 9.11 Å². The second-order valence-corrected chi connectivity index (χ2v) is 11.0. The van der Waals surface area contributed by atoms with Crippen LogP contribution in [0.1, 0.15) is 44.6 Å². The highest BCUT2D eigenvalue weighted by atomic mass is 32.3. The van der Waals surface area contributed by atoms with E-state index in [4.69, 9.17) is 0 Å². The van der Waals surface area contributed by atoms with E-state index in [9.17, 15) is 14.4 Å². The minimum atomic E-state index is -2.70. The maximum atomic E-state index is 10.2. The Morgan fingerprint density at radius 3 is 2.65 bits per heavy atom. The van der Waals surface area contributed by atoms with Gasteiger partial charge in [-0.2, -0.15) is 10.4 Å². The summed E-state index contributed by atoms with van der Waals surface area (Å²) < 4.78 is 24.0. The van der Waals surface area contributed by atoms with Gasteiger partial charge in [-0.3, -0.25) is 18.1 Å². The van der Waals surface area contributed by atoms with E-state index in [1.807, 2.05) is 41.2 Å². The molecular weight excluding hydrogens is 450 g/mol. The van der Waals surface area contributed by atoms with Gasteiger partial charge in [-0.25, -0.2) is 9.97 Å². The molecule has 34 heavy (non-hydrogen) atoms. The van der Waals surface area contributed by atoms with Crippen molar-refractivity contribution in [2.24, 2.45) is 5.92 Å². The Balaban J connectivity index is 1.30. The zero-order valence-electron chi connectivity index (χ0n) is 18.9. The topological polar surface area (TPSA) is 123 Å². The van der Waals surface area contributed by atoms with Crippen molar-refractivity contribution in [2.45, 2.75) is 44.6 Å². The number of hydrogen-bond acceptors (Lipinski definition) is 8. The Hall–Kier alpha value is -3.13. The number of hydrogen-bond donors (Lipinski definition) is 3. The summed E-state index contributed by atoms with van der Waals surface area (Å²) in [5.41, 5.74) is 3.25. The molecule has 3 aromatic rings. The highest BCUT2D eigenvalue weighted by Crippen LogP contribution is 2.51. The second kappa shape index (κ2) is 9.62. The molecule has 1 aliphatic heterocycles. The van der Waals surface area contributed by atoms with E-state index >= 15 is 0 Å². The van der Waals surface area contributed by atoms with Crippen LogP contribution in [-0.2, 0) is 0 Å². The lowest BCUT2D eigenvalue weighted by Gasteiger charge is -2.38.